The van der Waals surface area contributed by atoms with E-state index in [1.807, 2.05) is 0 Å². The van der Waals surface area contributed by atoms with Gasteiger partial charge in [0, 0.05) is 32.8 Å². The van der Waals surface area contributed by atoms with Gasteiger partial charge in [0.05, 0.1) is 6.61 Å². The highest BCUT2D eigenvalue weighted by molar-refractivity contribution is 4.73. The Morgan fingerprint density at radius 2 is 2.00 bits per heavy atom. The van der Waals surface area contributed by atoms with Gasteiger partial charge in [0.2, 0.25) is 0 Å². The predicted molar refractivity (Wildman–Crippen MR) is 59.6 cm³/mol. The molecule has 1 N–H and O–H groups in total. The molecule has 0 bridgehead atoms. The second-order valence-corrected chi connectivity index (χ2v) is 4.23. The molecule has 1 aliphatic rings. The van der Waals surface area contributed by atoms with Crippen molar-refractivity contribution in [3.05, 3.63) is 0 Å². The Morgan fingerprint density at radius 3 is 2.64 bits per heavy atom. The van der Waals surface area contributed by atoms with Crippen LogP contribution in [0, 0.1) is 0 Å². The first-order valence-corrected chi connectivity index (χ1v) is 5.74. The van der Waals surface area contributed by atoms with Crippen LogP contribution in [0.2, 0.25) is 0 Å². The lowest BCUT2D eigenvalue weighted by Gasteiger charge is -2.18. The monoisotopic (exact) mass is 200 g/mol. The molecule has 0 aromatic heterocycles. The maximum Gasteiger partial charge on any atom is 0.0589 e. The van der Waals surface area contributed by atoms with E-state index < -0.39 is 0 Å². The van der Waals surface area contributed by atoms with Gasteiger partial charge in [-0.2, -0.15) is 0 Å². The summed E-state index contributed by atoms with van der Waals surface area (Å²) >= 11 is 0. The molecule has 0 heterocycles. The molecule has 1 saturated carbocycles. The van der Waals surface area contributed by atoms with Crippen LogP contribution in [0.25, 0.3) is 0 Å². The van der Waals surface area contributed by atoms with Gasteiger partial charge in [-0.15, -0.1) is 0 Å². The summed E-state index contributed by atoms with van der Waals surface area (Å²) in [6.07, 6.45) is 5.58. The molecule has 1 aliphatic carbocycles. The van der Waals surface area contributed by atoms with Gasteiger partial charge in [-0.25, -0.2) is 0 Å². The standard InChI is InChI=1S/C11H24N2O/c1-13(9-10-14-2)8-7-12-11-5-3-4-6-11/h11-12H,3-10H2,1-2H3. The lowest BCUT2D eigenvalue weighted by Crippen LogP contribution is -2.35. The fourth-order valence-corrected chi connectivity index (χ4v) is 1.95. The van der Waals surface area contributed by atoms with Crippen molar-refractivity contribution in [2.45, 2.75) is 31.7 Å². The van der Waals surface area contributed by atoms with Crippen LogP contribution in [0.15, 0.2) is 0 Å². The number of nitrogens with zero attached hydrogens (tertiary/aromatic N) is 1. The average Bonchev–Trinajstić information content (AvgIpc) is 2.67. The fraction of sp³-hybridized carbons (Fsp3) is 1.00. The van der Waals surface area contributed by atoms with Gasteiger partial charge in [0.15, 0.2) is 0 Å². The van der Waals surface area contributed by atoms with Crippen LogP contribution in [0.4, 0.5) is 0 Å². The Balaban J connectivity index is 1.91. The molecule has 84 valence electrons. The second-order valence-electron chi connectivity index (χ2n) is 4.23. The zero-order chi connectivity index (χ0) is 10.2. The third-order valence-electron chi connectivity index (χ3n) is 2.96. The highest BCUT2D eigenvalue weighted by Gasteiger charge is 2.13. The first kappa shape index (κ1) is 12.0. The summed E-state index contributed by atoms with van der Waals surface area (Å²) in [5.74, 6) is 0. The molecule has 0 aliphatic heterocycles. The zero-order valence-corrected chi connectivity index (χ0v) is 9.59. The number of nitrogens with one attached hydrogen (secondary N) is 1. The van der Waals surface area contributed by atoms with Crippen molar-refractivity contribution < 1.29 is 4.74 Å². The third-order valence-corrected chi connectivity index (χ3v) is 2.96. The zero-order valence-electron chi connectivity index (χ0n) is 9.59. The smallest absolute Gasteiger partial charge is 0.0589 e. The van der Waals surface area contributed by atoms with Crippen LogP contribution in [0.5, 0.6) is 0 Å². The minimum atomic E-state index is 0.797. The largest absolute Gasteiger partial charge is 0.383 e. The van der Waals surface area contributed by atoms with Crippen molar-refractivity contribution in [1.82, 2.24) is 10.2 Å². The van der Waals surface area contributed by atoms with Gasteiger partial charge in [0.25, 0.3) is 0 Å². The first-order valence-electron chi connectivity index (χ1n) is 5.74. The first-order chi connectivity index (χ1) is 6.83. The topological polar surface area (TPSA) is 24.5 Å². The quantitative estimate of drug-likeness (QED) is 0.666. The molecule has 1 rings (SSSR count). The Bertz CT molecular complexity index is 135. The Morgan fingerprint density at radius 1 is 1.29 bits per heavy atom. The summed E-state index contributed by atoms with van der Waals surface area (Å²) in [6, 6.07) is 0.797. The molecule has 3 heteroatoms. The predicted octanol–water partition coefficient (Wildman–Crippen LogP) is 1.10. The molecule has 0 amide bonds. The van der Waals surface area contributed by atoms with E-state index >= 15 is 0 Å². The summed E-state index contributed by atoms with van der Waals surface area (Å²) in [5, 5.41) is 3.61. The maximum atomic E-state index is 5.03. The number of ether oxygens (including phenoxy) is 1. The van der Waals surface area contributed by atoms with Gasteiger partial charge in [-0.3, -0.25) is 0 Å². The van der Waals surface area contributed by atoms with Gasteiger partial charge < -0.3 is 15.0 Å². The van der Waals surface area contributed by atoms with E-state index in [1.165, 1.54) is 25.7 Å². The van der Waals surface area contributed by atoms with Crippen LogP contribution >= 0.6 is 0 Å². The summed E-state index contributed by atoms with van der Waals surface area (Å²) in [7, 11) is 3.90. The van der Waals surface area contributed by atoms with Gasteiger partial charge >= 0.3 is 0 Å². The molecule has 0 atom stereocenters. The lowest BCUT2D eigenvalue weighted by molar-refractivity contribution is 0.161. The highest BCUT2D eigenvalue weighted by Crippen LogP contribution is 2.17. The molecule has 0 saturated heterocycles. The van der Waals surface area contributed by atoms with Gasteiger partial charge in [-0.1, -0.05) is 12.8 Å². The van der Waals surface area contributed by atoms with Crippen LogP contribution in [0.3, 0.4) is 0 Å². The molecular formula is C11H24N2O. The van der Waals surface area contributed by atoms with E-state index in [0.717, 1.165) is 32.3 Å². The molecule has 0 aromatic carbocycles. The van der Waals surface area contributed by atoms with Crippen LogP contribution in [-0.4, -0.2) is 51.3 Å². The SMILES string of the molecule is COCCN(C)CCNC1CCCC1. The van der Waals surface area contributed by atoms with Crippen molar-refractivity contribution in [2.75, 3.05) is 40.4 Å². The van der Waals surface area contributed by atoms with E-state index in [0.29, 0.717) is 0 Å². The van der Waals surface area contributed by atoms with Gasteiger partial charge in [-0.05, 0) is 19.9 Å². The molecule has 0 aromatic rings. The summed E-state index contributed by atoms with van der Waals surface area (Å²) < 4.78 is 5.03. The van der Waals surface area contributed by atoms with E-state index in [1.54, 1.807) is 7.11 Å². The number of hydrogen-bond donors (Lipinski definition) is 1. The minimum absolute atomic E-state index is 0.797. The van der Waals surface area contributed by atoms with Crippen LogP contribution < -0.4 is 5.32 Å². The summed E-state index contributed by atoms with van der Waals surface area (Å²) in [4.78, 5) is 2.31. The summed E-state index contributed by atoms with van der Waals surface area (Å²) in [6.45, 7) is 4.10. The Kier molecular flexibility index (Phi) is 6.15. The summed E-state index contributed by atoms with van der Waals surface area (Å²) in [5.41, 5.74) is 0. The van der Waals surface area contributed by atoms with Crippen molar-refractivity contribution >= 4 is 0 Å². The van der Waals surface area contributed by atoms with Crippen molar-refractivity contribution in [2.24, 2.45) is 0 Å². The molecular weight excluding hydrogens is 176 g/mol. The molecule has 0 unspecified atom stereocenters. The molecule has 1 fully saturated rings. The lowest BCUT2D eigenvalue weighted by atomic mass is 10.2. The molecule has 3 nitrogen and oxygen atoms in total. The normalized spacial score (nSPS) is 18.2. The van der Waals surface area contributed by atoms with E-state index in [-0.39, 0.29) is 0 Å². The molecule has 0 radical (unpaired) electrons. The number of likely N-dealkylation sites (N-methyl/N-ethyl adjacent to an activating group) is 1. The molecule has 0 spiro atoms. The average molecular weight is 200 g/mol. The van der Waals surface area contributed by atoms with Crippen molar-refractivity contribution in [3.63, 3.8) is 0 Å². The Hall–Kier alpha value is -0.120. The highest BCUT2D eigenvalue weighted by atomic mass is 16.5. The molecule has 14 heavy (non-hydrogen) atoms. The van der Waals surface area contributed by atoms with Gasteiger partial charge in [0.1, 0.15) is 0 Å². The Labute approximate surface area is 87.8 Å². The van der Waals surface area contributed by atoms with E-state index in [9.17, 15) is 0 Å². The van der Waals surface area contributed by atoms with E-state index in [2.05, 4.69) is 17.3 Å². The number of rotatable bonds is 7. The number of hydrogen-bond acceptors (Lipinski definition) is 3. The van der Waals surface area contributed by atoms with Crippen LogP contribution in [0.1, 0.15) is 25.7 Å². The van der Waals surface area contributed by atoms with Crippen LogP contribution in [-0.2, 0) is 4.74 Å². The third kappa shape index (κ3) is 4.94. The van der Waals surface area contributed by atoms with Crippen molar-refractivity contribution in [3.8, 4) is 0 Å². The maximum absolute atomic E-state index is 5.03. The fourth-order valence-electron chi connectivity index (χ4n) is 1.95. The number of methoxy groups -OCH3 is 1. The minimum Gasteiger partial charge on any atom is -0.383 e. The second kappa shape index (κ2) is 7.21. The van der Waals surface area contributed by atoms with E-state index in [4.69, 9.17) is 4.74 Å². The van der Waals surface area contributed by atoms with Crippen molar-refractivity contribution in [1.29, 1.82) is 0 Å².